The van der Waals surface area contributed by atoms with Gasteiger partial charge in [-0.2, -0.15) is 18.4 Å². The average molecular weight is 242 g/mol. The largest absolute Gasteiger partial charge is 0.416 e. The minimum atomic E-state index is -4.62. The maximum Gasteiger partial charge on any atom is 0.416 e. The van der Waals surface area contributed by atoms with Gasteiger partial charge in [0.15, 0.2) is 0 Å². The fourth-order valence-corrected chi connectivity index (χ4v) is 1.19. The number of halogens is 3. The lowest BCUT2D eigenvalue weighted by atomic mass is 10.1. The van der Waals surface area contributed by atoms with Gasteiger partial charge in [0.25, 0.3) is 5.69 Å². The van der Waals surface area contributed by atoms with Gasteiger partial charge in [-0.1, -0.05) is 0 Å². The number of alkyl halides is 3. The van der Waals surface area contributed by atoms with Gasteiger partial charge in [-0.3, -0.25) is 10.1 Å². The summed E-state index contributed by atoms with van der Waals surface area (Å²) < 4.78 is 37.6. The Morgan fingerprint density at radius 3 is 2.53 bits per heavy atom. The molecule has 0 bridgehead atoms. The predicted octanol–water partition coefficient (Wildman–Crippen LogP) is 3.15. The second-order valence-corrected chi connectivity index (χ2v) is 2.99. The number of nitro groups is 1. The van der Waals surface area contributed by atoms with Gasteiger partial charge in [0.1, 0.15) is 0 Å². The molecule has 0 amide bonds. The third-order valence-corrected chi connectivity index (χ3v) is 1.89. The number of benzene rings is 1. The molecular weight excluding hydrogens is 237 g/mol. The number of rotatable bonds is 2. The van der Waals surface area contributed by atoms with Gasteiger partial charge in [-0.15, -0.1) is 0 Å². The molecular formula is C10H5F3N2O2. The quantitative estimate of drug-likeness (QED) is 0.454. The lowest BCUT2D eigenvalue weighted by Gasteiger charge is -2.09. The first kappa shape index (κ1) is 12.7. The van der Waals surface area contributed by atoms with Crippen molar-refractivity contribution in [2.45, 2.75) is 6.18 Å². The molecule has 0 aliphatic rings. The number of hydrogen-bond donors (Lipinski definition) is 0. The first-order valence-corrected chi connectivity index (χ1v) is 4.28. The molecule has 0 aliphatic carbocycles. The molecule has 0 heterocycles. The van der Waals surface area contributed by atoms with E-state index in [1.165, 1.54) is 6.07 Å². The molecule has 0 saturated carbocycles. The Kier molecular flexibility index (Phi) is 3.48. The summed E-state index contributed by atoms with van der Waals surface area (Å²) >= 11 is 0. The van der Waals surface area contributed by atoms with Gasteiger partial charge in [-0.25, -0.2) is 0 Å². The van der Waals surface area contributed by atoms with E-state index in [1.54, 1.807) is 0 Å². The lowest BCUT2D eigenvalue weighted by Crippen LogP contribution is -2.07. The second-order valence-electron chi connectivity index (χ2n) is 2.99. The number of nitro benzene ring substituents is 1. The van der Waals surface area contributed by atoms with Crippen molar-refractivity contribution >= 4 is 11.8 Å². The van der Waals surface area contributed by atoms with Crippen molar-refractivity contribution in [2.24, 2.45) is 0 Å². The van der Waals surface area contributed by atoms with E-state index in [0.29, 0.717) is 6.07 Å². The molecule has 0 N–H and O–H groups in total. The average Bonchev–Trinajstić information content (AvgIpc) is 2.24. The SMILES string of the molecule is N#CC=Cc1cc([N+](=O)[O-])ccc1C(F)(F)F. The van der Waals surface area contributed by atoms with Crippen molar-refractivity contribution < 1.29 is 18.1 Å². The molecule has 0 fully saturated rings. The van der Waals surface area contributed by atoms with Crippen molar-refractivity contribution in [3.8, 4) is 6.07 Å². The normalized spacial score (nSPS) is 11.4. The van der Waals surface area contributed by atoms with Crippen LogP contribution in [0.25, 0.3) is 6.08 Å². The molecule has 4 nitrogen and oxygen atoms in total. The Balaban J connectivity index is 3.38. The summed E-state index contributed by atoms with van der Waals surface area (Å²) in [6.45, 7) is 0. The summed E-state index contributed by atoms with van der Waals surface area (Å²) in [6, 6.07) is 3.69. The first-order chi connectivity index (χ1) is 7.86. The topological polar surface area (TPSA) is 66.9 Å². The first-order valence-electron chi connectivity index (χ1n) is 4.28. The molecule has 0 atom stereocenters. The van der Waals surface area contributed by atoms with E-state index < -0.39 is 27.9 Å². The fourth-order valence-electron chi connectivity index (χ4n) is 1.19. The van der Waals surface area contributed by atoms with E-state index in [0.717, 1.165) is 24.3 Å². The van der Waals surface area contributed by atoms with Crippen LogP contribution >= 0.6 is 0 Å². The number of nitriles is 1. The molecule has 88 valence electrons. The molecule has 17 heavy (non-hydrogen) atoms. The second kappa shape index (κ2) is 4.65. The highest BCUT2D eigenvalue weighted by atomic mass is 19.4. The molecule has 1 aromatic carbocycles. The van der Waals surface area contributed by atoms with Crippen molar-refractivity contribution in [1.82, 2.24) is 0 Å². The van der Waals surface area contributed by atoms with Gasteiger partial charge >= 0.3 is 6.18 Å². The molecule has 0 saturated heterocycles. The molecule has 0 spiro atoms. The van der Waals surface area contributed by atoms with E-state index in [1.807, 2.05) is 0 Å². The summed E-state index contributed by atoms with van der Waals surface area (Å²) in [5, 5.41) is 18.7. The van der Waals surface area contributed by atoms with E-state index in [2.05, 4.69) is 0 Å². The standard InChI is InChI=1S/C10H5F3N2O2/c11-10(12,13)9-4-3-8(15(16)17)6-7(9)2-1-5-14/h1-4,6H. The maximum absolute atomic E-state index is 12.5. The lowest BCUT2D eigenvalue weighted by molar-refractivity contribution is -0.384. The van der Waals surface area contributed by atoms with Crippen LogP contribution in [0.4, 0.5) is 18.9 Å². The van der Waals surface area contributed by atoms with Crippen LogP contribution in [0.5, 0.6) is 0 Å². The number of non-ortho nitro benzene ring substituents is 1. The molecule has 0 radical (unpaired) electrons. The zero-order valence-electron chi connectivity index (χ0n) is 8.23. The molecule has 7 heteroatoms. The van der Waals surface area contributed by atoms with Crippen LogP contribution < -0.4 is 0 Å². The summed E-state index contributed by atoms with van der Waals surface area (Å²) in [4.78, 5) is 9.62. The molecule has 0 aliphatic heterocycles. The van der Waals surface area contributed by atoms with Gasteiger partial charge in [0.2, 0.25) is 0 Å². The monoisotopic (exact) mass is 242 g/mol. The third-order valence-electron chi connectivity index (χ3n) is 1.89. The van der Waals surface area contributed by atoms with E-state index in [-0.39, 0.29) is 0 Å². The summed E-state index contributed by atoms with van der Waals surface area (Å²) in [6.07, 6.45) is -2.91. The van der Waals surface area contributed by atoms with Crippen molar-refractivity contribution in [2.75, 3.05) is 0 Å². The number of allylic oxidation sites excluding steroid dienone is 1. The van der Waals surface area contributed by atoms with Crippen molar-refractivity contribution in [1.29, 1.82) is 5.26 Å². The molecule has 0 unspecified atom stereocenters. The van der Waals surface area contributed by atoms with E-state index in [4.69, 9.17) is 5.26 Å². The van der Waals surface area contributed by atoms with Crippen LogP contribution in [0.15, 0.2) is 24.3 Å². The minimum absolute atomic E-state index is 0.409. The third kappa shape index (κ3) is 3.04. The van der Waals surface area contributed by atoms with E-state index in [9.17, 15) is 23.3 Å². The Labute approximate surface area is 93.7 Å². The Bertz CT molecular complexity index is 515. The highest BCUT2D eigenvalue weighted by molar-refractivity contribution is 5.60. The van der Waals surface area contributed by atoms with Crippen LogP contribution in [0.2, 0.25) is 0 Å². The zero-order chi connectivity index (χ0) is 13.1. The number of hydrogen-bond acceptors (Lipinski definition) is 3. The Morgan fingerprint density at radius 1 is 1.41 bits per heavy atom. The van der Waals surface area contributed by atoms with Crippen molar-refractivity contribution in [3.05, 3.63) is 45.5 Å². The summed E-state index contributed by atoms with van der Waals surface area (Å²) in [5.74, 6) is 0. The predicted molar refractivity (Wildman–Crippen MR) is 52.7 cm³/mol. The summed E-state index contributed by atoms with van der Waals surface area (Å²) in [7, 11) is 0. The van der Waals surface area contributed by atoms with Gasteiger partial charge in [0, 0.05) is 18.2 Å². The maximum atomic E-state index is 12.5. The molecule has 0 aromatic heterocycles. The summed E-state index contributed by atoms with van der Waals surface area (Å²) in [5.41, 5.74) is -1.89. The smallest absolute Gasteiger partial charge is 0.258 e. The Morgan fingerprint density at radius 2 is 2.06 bits per heavy atom. The minimum Gasteiger partial charge on any atom is -0.258 e. The van der Waals surface area contributed by atoms with Gasteiger partial charge in [0.05, 0.1) is 16.6 Å². The van der Waals surface area contributed by atoms with Crippen LogP contribution in [0.1, 0.15) is 11.1 Å². The van der Waals surface area contributed by atoms with Crippen LogP contribution in [0.3, 0.4) is 0 Å². The van der Waals surface area contributed by atoms with Gasteiger partial charge in [-0.05, 0) is 17.7 Å². The van der Waals surface area contributed by atoms with Gasteiger partial charge < -0.3 is 0 Å². The van der Waals surface area contributed by atoms with Crippen molar-refractivity contribution in [3.63, 3.8) is 0 Å². The Hall–Kier alpha value is -2.36. The van der Waals surface area contributed by atoms with Crippen LogP contribution in [-0.2, 0) is 6.18 Å². The van der Waals surface area contributed by atoms with E-state index >= 15 is 0 Å². The molecule has 1 aromatic rings. The molecule has 1 rings (SSSR count). The van der Waals surface area contributed by atoms with Crippen LogP contribution in [0, 0.1) is 21.4 Å². The number of nitrogens with zero attached hydrogens (tertiary/aromatic N) is 2. The zero-order valence-corrected chi connectivity index (χ0v) is 8.23. The highest BCUT2D eigenvalue weighted by Crippen LogP contribution is 2.34. The fraction of sp³-hybridized carbons (Fsp3) is 0.100. The van der Waals surface area contributed by atoms with Crippen LogP contribution in [-0.4, -0.2) is 4.92 Å². The highest BCUT2D eigenvalue weighted by Gasteiger charge is 2.33.